The fraction of sp³-hybridized carbons (Fsp3) is 0. The van der Waals surface area contributed by atoms with Crippen LogP contribution in [0.2, 0.25) is 0 Å². The zero-order valence-electron chi connectivity index (χ0n) is 27.6. The first kappa shape index (κ1) is 30.8. The van der Waals surface area contributed by atoms with E-state index in [1.807, 2.05) is 60.7 Å². The Hall–Kier alpha value is -6.19. The van der Waals surface area contributed by atoms with Crippen LogP contribution in [-0.4, -0.2) is 31.0 Å². The number of rotatable bonds is 6. The molecule has 9 rings (SSSR count). The van der Waals surface area contributed by atoms with Crippen LogP contribution in [0.15, 0.2) is 182 Å². The number of fused-ring (bicyclic) bond motifs is 3. The van der Waals surface area contributed by atoms with Crippen LogP contribution in [0.5, 0.6) is 0 Å². The third-order valence-corrected chi connectivity index (χ3v) is 10.5. The van der Waals surface area contributed by atoms with E-state index in [1.54, 1.807) is 0 Å². The van der Waals surface area contributed by atoms with Gasteiger partial charge in [-0.1, -0.05) is 0 Å². The molecule has 0 radical (unpaired) electrons. The quantitative estimate of drug-likeness (QED) is 0.127. The first-order chi connectivity index (χ1) is 25.2. The molecule has 1 aromatic heterocycles. The molecule has 0 saturated heterocycles. The molecule has 9 aromatic rings. The second kappa shape index (κ2) is 13.3. The second-order valence-corrected chi connectivity index (χ2v) is 13.5. The minimum atomic E-state index is 0.641. The second-order valence-electron chi connectivity index (χ2n) is 12.6. The van der Waals surface area contributed by atoms with Crippen LogP contribution in [0.3, 0.4) is 0 Å². The Morgan fingerprint density at radius 3 is 1.49 bits per heavy atom. The average Bonchev–Trinajstić information content (AvgIpc) is 3.21. The van der Waals surface area contributed by atoms with Gasteiger partial charge in [-0.25, -0.2) is 0 Å². The van der Waals surface area contributed by atoms with Gasteiger partial charge in [-0.15, -0.1) is 0 Å². The van der Waals surface area contributed by atoms with Crippen LogP contribution in [-0.2, 0) is 0 Å². The van der Waals surface area contributed by atoms with Crippen molar-refractivity contribution in [2.75, 3.05) is 0 Å². The molecule has 0 aliphatic heterocycles. The molecule has 0 unspecified atom stereocenters. The van der Waals surface area contributed by atoms with E-state index in [0.717, 1.165) is 32.3 Å². The Balaban J connectivity index is 1.14. The number of benzene rings is 8. The normalized spacial score (nSPS) is 11.2. The van der Waals surface area contributed by atoms with Crippen LogP contribution in [0.1, 0.15) is 0 Å². The molecule has 0 spiro atoms. The van der Waals surface area contributed by atoms with Crippen molar-refractivity contribution in [3.8, 4) is 67.5 Å². The van der Waals surface area contributed by atoms with Crippen LogP contribution in [0, 0.1) is 0 Å². The standard InChI is InChI=1S/C47H31N3Se/c51-44-40(35-18-11-19-37(29-35)47-49-45(33-14-3-1-4-15-33)48-46(50-47)34-16-5-2-6-17-34)23-12-24-42(44)41-22-10-9-21-39(41)36-28-27-32-26-25-31-13-7-8-20-38(31)43(32)30-36/h1-30,51H. The van der Waals surface area contributed by atoms with Gasteiger partial charge in [0.05, 0.1) is 0 Å². The summed E-state index contributed by atoms with van der Waals surface area (Å²) in [4.78, 5) is 14.8. The van der Waals surface area contributed by atoms with E-state index < -0.39 is 0 Å². The van der Waals surface area contributed by atoms with Crippen LogP contribution in [0.25, 0.3) is 89.1 Å². The Labute approximate surface area is 305 Å². The average molecular weight is 717 g/mol. The summed E-state index contributed by atoms with van der Waals surface area (Å²) in [6, 6.07) is 63.9. The molecule has 0 fully saturated rings. The summed E-state index contributed by atoms with van der Waals surface area (Å²) in [5, 5.41) is 5.04. The first-order valence-corrected chi connectivity index (χ1v) is 17.9. The van der Waals surface area contributed by atoms with Crippen LogP contribution >= 0.6 is 0 Å². The topological polar surface area (TPSA) is 38.7 Å². The van der Waals surface area contributed by atoms with Crippen molar-refractivity contribution in [1.82, 2.24) is 15.0 Å². The van der Waals surface area contributed by atoms with Crippen molar-refractivity contribution < 1.29 is 0 Å². The molecule has 1 heterocycles. The predicted octanol–water partition coefficient (Wildman–Crippen LogP) is 10.7. The first-order valence-electron chi connectivity index (χ1n) is 17.0. The number of hydrogen-bond acceptors (Lipinski definition) is 3. The summed E-state index contributed by atoms with van der Waals surface area (Å²) < 4.78 is 1.16. The molecule has 4 heteroatoms. The van der Waals surface area contributed by atoms with Crippen molar-refractivity contribution in [2.45, 2.75) is 0 Å². The zero-order chi connectivity index (χ0) is 34.1. The third-order valence-electron chi connectivity index (χ3n) is 9.44. The van der Waals surface area contributed by atoms with Gasteiger partial charge in [0.25, 0.3) is 0 Å². The fourth-order valence-electron chi connectivity index (χ4n) is 6.90. The Morgan fingerprint density at radius 2 is 0.765 bits per heavy atom. The van der Waals surface area contributed by atoms with E-state index in [9.17, 15) is 0 Å². The number of nitrogens with zero attached hydrogens (tertiary/aromatic N) is 3. The van der Waals surface area contributed by atoms with Gasteiger partial charge in [-0.3, -0.25) is 0 Å². The van der Waals surface area contributed by atoms with Gasteiger partial charge in [-0.2, -0.15) is 0 Å². The molecular weight excluding hydrogens is 685 g/mol. The molecule has 0 aliphatic carbocycles. The van der Waals surface area contributed by atoms with Crippen LogP contribution < -0.4 is 4.46 Å². The molecule has 0 saturated carbocycles. The van der Waals surface area contributed by atoms with Crippen molar-refractivity contribution in [1.29, 1.82) is 0 Å². The van der Waals surface area contributed by atoms with Gasteiger partial charge < -0.3 is 0 Å². The van der Waals surface area contributed by atoms with Gasteiger partial charge in [-0.05, 0) is 0 Å². The maximum absolute atomic E-state index is 4.98. The summed E-state index contributed by atoms with van der Waals surface area (Å²) in [6.07, 6.45) is 0. The van der Waals surface area contributed by atoms with Crippen molar-refractivity contribution in [3.63, 3.8) is 0 Å². The molecule has 0 aliphatic rings. The molecule has 0 atom stereocenters. The van der Waals surface area contributed by atoms with Gasteiger partial charge in [0, 0.05) is 0 Å². The van der Waals surface area contributed by atoms with Gasteiger partial charge in [0.2, 0.25) is 0 Å². The van der Waals surface area contributed by atoms with Gasteiger partial charge in [0.1, 0.15) is 0 Å². The summed E-state index contributed by atoms with van der Waals surface area (Å²) in [7, 11) is 0. The van der Waals surface area contributed by atoms with E-state index in [4.69, 9.17) is 15.0 Å². The molecule has 0 amide bonds. The molecule has 0 N–H and O–H groups in total. The zero-order valence-corrected chi connectivity index (χ0v) is 29.5. The molecule has 8 aromatic carbocycles. The van der Waals surface area contributed by atoms with E-state index in [1.165, 1.54) is 43.8 Å². The monoisotopic (exact) mass is 717 g/mol. The molecule has 3 nitrogen and oxygen atoms in total. The maximum atomic E-state index is 4.98. The SMILES string of the molecule is [SeH]c1c(-c2cccc(-c3nc(-c4ccccc4)nc(-c4ccccc4)n3)c2)cccc1-c1ccccc1-c1ccc2ccc3ccccc3c2c1. The van der Waals surface area contributed by atoms with Gasteiger partial charge in [0.15, 0.2) is 0 Å². The summed E-state index contributed by atoms with van der Waals surface area (Å²) in [5.41, 5.74) is 9.88. The number of aromatic nitrogens is 3. The summed E-state index contributed by atoms with van der Waals surface area (Å²) in [6.45, 7) is 0. The molecule has 51 heavy (non-hydrogen) atoms. The molecule has 0 bridgehead atoms. The van der Waals surface area contributed by atoms with E-state index >= 15 is 0 Å². The Morgan fingerprint density at radius 1 is 0.294 bits per heavy atom. The van der Waals surface area contributed by atoms with E-state index in [-0.39, 0.29) is 0 Å². The third kappa shape index (κ3) is 5.91. The van der Waals surface area contributed by atoms with Crippen molar-refractivity contribution in [2.24, 2.45) is 0 Å². The van der Waals surface area contributed by atoms with Crippen molar-refractivity contribution >= 4 is 42.0 Å². The Kier molecular flexibility index (Phi) is 8.02. The number of hydrogen-bond donors (Lipinski definition) is 0. The molecule has 240 valence electrons. The fourth-order valence-corrected chi connectivity index (χ4v) is 7.73. The van der Waals surface area contributed by atoms with Crippen molar-refractivity contribution in [3.05, 3.63) is 182 Å². The summed E-state index contributed by atoms with van der Waals surface area (Å²) in [5.74, 6) is 1.94. The van der Waals surface area contributed by atoms with Gasteiger partial charge >= 0.3 is 307 Å². The minimum absolute atomic E-state index is 0.641. The summed E-state index contributed by atoms with van der Waals surface area (Å²) >= 11 is 2.84. The van der Waals surface area contributed by atoms with E-state index in [2.05, 4.69) is 137 Å². The molecular formula is C47H31N3Se. The van der Waals surface area contributed by atoms with E-state index in [0.29, 0.717) is 17.5 Å². The Bertz CT molecular complexity index is 2650. The predicted molar refractivity (Wildman–Crippen MR) is 214 cm³/mol. The van der Waals surface area contributed by atoms with Crippen LogP contribution in [0.4, 0.5) is 0 Å².